The number of hydrogen-bond donors (Lipinski definition) is 0. The molecule has 0 aromatic carbocycles. The molecular formula is C28H42O5. The summed E-state index contributed by atoms with van der Waals surface area (Å²) >= 11 is 0. The molecule has 0 aliphatic heterocycles. The number of hydrogen-bond acceptors (Lipinski definition) is 5. The topological polar surface area (TPSA) is 77.5 Å². The van der Waals surface area contributed by atoms with Crippen LogP contribution in [0.5, 0.6) is 0 Å². The van der Waals surface area contributed by atoms with Gasteiger partial charge in [0.1, 0.15) is 17.3 Å². The number of ether oxygens (including phenoxy) is 1. The van der Waals surface area contributed by atoms with Gasteiger partial charge in [0, 0.05) is 43.4 Å². The highest BCUT2D eigenvalue weighted by Crippen LogP contribution is 2.66. The largest absolute Gasteiger partial charge is 0.466 e. The van der Waals surface area contributed by atoms with E-state index in [1.165, 1.54) is 0 Å². The van der Waals surface area contributed by atoms with Crippen molar-refractivity contribution in [3.8, 4) is 0 Å². The molecule has 0 heterocycles. The van der Waals surface area contributed by atoms with E-state index in [0.717, 1.165) is 38.5 Å². The van der Waals surface area contributed by atoms with Crippen molar-refractivity contribution in [2.24, 2.45) is 46.3 Å². The molecule has 33 heavy (non-hydrogen) atoms. The maximum atomic E-state index is 13.8. The van der Waals surface area contributed by atoms with Gasteiger partial charge in [0.05, 0.1) is 6.61 Å². The molecule has 8 atom stereocenters. The Bertz CT molecular complexity index is 817. The van der Waals surface area contributed by atoms with Gasteiger partial charge >= 0.3 is 5.97 Å². The van der Waals surface area contributed by atoms with Crippen molar-refractivity contribution in [3.05, 3.63) is 0 Å². The predicted octanol–water partition coefficient (Wildman–Crippen LogP) is 5.33. The highest BCUT2D eigenvalue weighted by atomic mass is 16.5. The lowest BCUT2D eigenvalue weighted by Gasteiger charge is -2.58. The number of carbonyl (C=O) groups excluding carboxylic acids is 4. The van der Waals surface area contributed by atoms with Crippen LogP contribution in [0.4, 0.5) is 0 Å². The van der Waals surface area contributed by atoms with E-state index >= 15 is 0 Å². The highest BCUT2D eigenvalue weighted by molar-refractivity contribution is 5.93. The number of carbonyl (C=O) groups is 4. The second kappa shape index (κ2) is 9.26. The molecule has 0 bridgehead atoms. The smallest absolute Gasteiger partial charge is 0.305 e. The number of rotatable bonds is 7. The zero-order chi connectivity index (χ0) is 24.0. The Kier molecular flexibility index (Phi) is 6.90. The summed E-state index contributed by atoms with van der Waals surface area (Å²) in [4.78, 5) is 51.5. The number of Topliss-reactive ketones (excluding diaryl/α,β-unsaturated/α-hetero) is 3. The molecule has 4 fully saturated rings. The first-order valence-corrected chi connectivity index (χ1v) is 13.4. The fourth-order valence-electron chi connectivity index (χ4n) is 8.34. The molecule has 0 amide bonds. The van der Waals surface area contributed by atoms with E-state index in [9.17, 15) is 19.2 Å². The SMILES string of the molecule is CCCCOC(=O)CC[C@H](C)[C@H]1CC[C@H]2[C@@H]3C(=O)C[C@@H]4CC(=O)CC[C@]4(C)[C@H]3CC(=O)[C@]12C. The van der Waals surface area contributed by atoms with Crippen LogP contribution in [-0.2, 0) is 23.9 Å². The summed E-state index contributed by atoms with van der Waals surface area (Å²) in [6.45, 7) is 9.11. The summed E-state index contributed by atoms with van der Waals surface area (Å²) in [5.41, 5.74) is -0.550. The summed E-state index contributed by atoms with van der Waals surface area (Å²) in [7, 11) is 0. The van der Waals surface area contributed by atoms with Crippen molar-refractivity contribution in [2.75, 3.05) is 6.61 Å². The van der Waals surface area contributed by atoms with Gasteiger partial charge in [0.25, 0.3) is 0 Å². The van der Waals surface area contributed by atoms with Gasteiger partial charge in [-0.3, -0.25) is 19.2 Å². The molecule has 0 N–H and O–H groups in total. The van der Waals surface area contributed by atoms with Crippen molar-refractivity contribution in [2.45, 2.75) is 98.3 Å². The van der Waals surface area contributed by atoms with E-state index in [-0.39, 0.29) is 52.7 Å². The third kappa shape index (κ3) is 4.12. The molecule has 4 aliphatic carbocycles. The maximum Gasteiger partial charge on any atom is 0.305 e. The molecule has 4 aliphatic rings. The number of ketones is 3. The molecule has 4 saturated carbocycles. The van der Waals surface area contributed by atoms with Gasteiger partial charge in [-0.05, 0) is 67.1 Å². The highest BCUT2D eigenvalue weighted by Gasteiger charge is 2.66. The predicted molar refractivity (Wildman–Crippen MR) is 125 cm³/mol. The molecule has 0 spiro atoms. The first-order chi connectivity index (χ1) is 15.6. The Morgan fingerprint density at radius 1 is 1.09 bits per heavy atom. The van der Waals surface area contributed by atoms with Crippen LogP contribution in [-0.4, -0.2) is 29.9 Å². The van der Waals surface area contributed by atoms with E-state index in [1.807, 2.05) is 0 Å². The zero-order valence-corrected chi connectivity index (χ0v) is 21.0. The van der Waals surface area contributed by atoms with Gasteiger partial charge in [0.15, 0.2) is 0 Å². The molecule has 5 nitrogen and oxygen atoms in total. The van der Waals surface area contributed by atoms with Crippen LogP contribution in [0.3, 0.4) is 0 Å². The van der Waals surface area contributed by atoms with E-state index in [0.29, 0.717) is 50.3 Å². The number of unbranched alkanes of at least 4 members (excludes halogenated alkanes) is 1. The average Bonchev–Trinajstić information content (AvgIpc) is 3.13. The molecular weight excluding hydrogens is 416 g/mol. The third-order valence-electron chi connectivity index (χ3n) is 10.5. The van der Waals surface area contributed by atoms with Gasteiger partial charge in [-0.25, -0.2) is 0 Å². The number of esters is 1. The van der Waals surface area contributed by atoms with Gasteiger partial charge in [-0.2, -0.15) is 0 Å². The summed E-state index contributed by atoms with van der Waals surface area (Å²) < 4.78 is 5.33. The maximum absolute atomic E-state index is 13.8. The van der Waals surface area contributed by atoms with Crippen LogP contribution < -0.4 is 0 Å². The minimum absolute atomic E-state index is 0.0432. The normalized spacial score (nSPS) is 41.2. The minimum atomic E-state index is -0.476. The zero-order valence-electron chi connectivity index (χ0n) is 21.0. The Morgan fingerprint density at radius 2 is 1.85 bits per heavy atom. The van der Waals surface area contributed by atoms with Crippen LogP contribution in [0.15, 0.2) is 0 Å². The lowest BCUT2D eigenvalue weighted by Crippen LogP contribution is -2.60. The molecule has 4 rings (SSSR count). The van der Waals surface area contributed by atoms with Crippen LogP contribution in [0.1, 0.15) is 98.3 Å². The summed E-state index contributed by atoms with van der Waals surface area (Å²) in [6.07, 6.45) is 7.81. The average molecular weight is 459 g/mol. The summed E-state index contributed by atoms with van der Waals surface area (Å²) in [6, 6.07) is 0. The first-order valence-electron chi connectivity index (χ1n) is 13.4. The van der Waals surface area contributed by atoms with Crippen molar-refractivity contribution in [1.29, 1.82) is 0 Å². The van der Waals surface area contributed by atoms with Gasteiger partial charge in [-0.15, -0.1) is 0 Å². The van der Waals surface area contributed by atoms with E-state index < -0.39 is 5.41 Å². The van der Waals surface area contributed by atoms with Crippen LogP contribution in [0.25, 0.3) is 0 Å². The fourth-order valence-corrected chi connectivity index (χ4v) is 8.34. The first kappa shape index (κ1) is 24.6. The quantitative estimate of drug-likeness (QED) is 0.380. The molecule has 0 radical (unpaired) electrons. The molecule has 0 aromatic rings. The third-order valence-corrected chi connectivity index (χ3v) is 10.5. The Labute approximate surface area is 198 Å². The summed E-state index contributed by atoms with van der Waals surface area (Å²) in [5, 5.41) is 0. The van der Waals surface area contributed by atoms with Gasteiger partial charge in [0.2, 0.25) is 0 Å². The second-order valence-corrected chi connectivity index (χ2v) is 12.0. The van der Waals surface area contributed by atoms with Gasteiger partial charge < -0.3 is 4.74 Å². The summed E-state index contributed by atoms with van der Waals surface area (Å²) in [5.74, 6) is 1.48. The Balaban J connectivity index is 1.49. The number of fused-ring (bicyclic) bond motifs is 5. The Morgan fingerprint density at radius 3 is 2.58 bits per heavy atom. The second-order valence-electron chi connectivity index (χ2n) is 12.0. The van der Waals surface area contributed by atoms with Crippen molar-refractivity contribution in [1.82, 2.24) is 0 Å². The lowest BCUT2D eigenvalue weighted by atomic mass is 9.44. The van der Waals surface area contributed by atoms with Crippen molar-refractivity contribution in [3.63, 3.8) is 0 Å². The molecule has 5 heteroatoms. The lowest BCUT2D eigenvalue weighted by molar-refractivity contribution is -0.166. The van der Waals surface area contributed by atoms with Crippen LogP contribution >= 0.6 is 0 Å². The van der Waals surface area contributed by atoms with Crippen LogP contribution in [0.2, 0.25) is 0 Å². The van der Waals surface area contributed by atoms with Crippen LogP contribution in [0, 0.1) is 46.3 Å². The van der Waals surface area contributed by atoms with E-state index in [4.69, 9.17) is 4.74 Å². The Hall–Kier alpha value is -1.52. The van der Waals surface area contributed by atoms with E-state index in [2.05, 4.69) is 27.7 Å². The minimum Gasteiger partial charge on any atom is -0.466 e. The van der Waals surface area contributed by atoms with E-state index in [1.54, 1.807) is 0 Å². The van der Waals surface area contributed by atoms with Crippen molar-refractivity contribution < 1.29 is 23.9 Å². The monoisotopic (exact) mass is 458 g/mol. The molecule has 0 aromatic heterocycles. The fraction of sp³-hybridized carbons (Fsp3) is 0.857. The molecule has 0 saturated heterocycles. The molecule has 184 valence electrons. The standard InChI is InChI=1S/C28H42O5/c1-5-6-13-33-25(32)10-7-17(2)20-8-9-21-26-22(16-24(31)28(20,21)4)27(3)12-11-19(29)14-18(27)15-23(26)30/h17-18,20-22,26H,5-16H2,1-4H3/t17-,18-,20+,21-,22-,26-,27-,28+/m0/s1. The van der Waals surface area contributed by atoms with Crippen molar-refractivity contribution >= 4 is 23.3 Å². The molecule has 0 unspecified atom stereocenters. The van der Waals surface area contributed by atoms with Gasteiger partial charge in [-0.1, -0.05) is 34.1 Å².